The zero-order valence-electron chi connectivity index (χ0n) is 13.5. The lowest BCUT2D eigenvalue weighted by Gasteiger charge is -2.23. The summed E-state index contributed by atoms with van der Waals surface area (Å²) in [5, 5.41) is 12.9. The van der Waals surface area contributed by atoms with Crippen molar-refractivity contribution in [3.05, 3.63) is 34.4 Å². The molecule has 0 aliphatic heterocycles. The molecule has 8 heteroatoms. The van der Waals surface area contributed by atoms with Crippen molar-refractivity contribution in [2.24, 2.45) is 0 Å². The Morgan fingerprint density at radius 1 is 1.26 bits per heavy atom. The minimum atomic E-state index is -0.837. The van der Waals surface area contributed by atoms with Gasteiger partial charge in [0.2, 0.25) is 0 Å². The highest BCUT2D eigenvalue weighted by molar-refractivity contribution is 5.82. The number of amides is 1. The van der Waals surface area contributed by atoms with E-state index in [1.807, 2.05) is 0 Å². The second kappa shape index (κ2) is 7.57. The molecule has 1 rings (SSSR count). The first-order chi connectivity index (χ1) is 10.6. The molecule has 0 bridgehead atoms. The van der Waals surface area contributed by atoms with E-state index in [2.05, 4.69) is 5.32 Å². The molecule has 0 aromatic heterocycles. The van der Waals surface area contributed by atoms with Crippen LogP contribution in [0.5, 0.6) is 5.75 Å². The van der Waals surface area contributed by atoms with Gasteiger partial charge in [0.05, 0.1) is 4.92 Å². The number of esters is 1. The van der Waals surface area contributed by atoms with Crippen LogP contribution >= 0.6 is 0 Å². The van der Waals surface area contributed by atoms with Crippen LogP contribution in [0.4, 0.5) is 10.5 Å². The highest BCUT2D eigenvalue weighted by Crippen LogP contribution is 2.17. The lowest BCUT2D eigenvalue weighted by molar-refractivity contribution is -0.384. The summed E-state index contributed by atoms with van der Waals surface area (Å²) in [6, 6.07) is 4.19. The maximum Gasteiger partial charge on any atom is 0.413 e. The lowest BCUT2D eigenvalue weighted by atomic mass is 10.1. The third kappa shape index (κ3) is 6.33. The molecule has 23 heavy (non-hydrogen) atoms. The van der Waals surface area contributed by atoms with Crippen LogP contribution in [0.1, 0.15) is 34.1 Å². The number of hydrogen-bond donors (Lipinski definition) is 1. The van der Waals surface area contributed by atoms with Gasteiger partial charge in [-0.1, -0.05) is 6.92 Å². The van der Waals surface area contributed by atoms with Gasteiger partial charge in [0.15, 0.2) is 0 Å². The fraction of sp³-hybridized carbons (Fsp3) is 0.467. The molecule has 0 saturated heterocycles. The summed E-state index contributed by atoms with van der Waals surface area (Å²) in [4.78, 5) is 33.7. The number of benzene rings is 1. The van der Waals surface area contributed by atoms with Crippen LogP contribution in [0, 0.1) is 10.1 Å². The van der Waals surface area contributed by atoms with Gasteiger partial charge in [0, 0.05) is 12.1 Å². The van der Waals surface area contributed by atoms with E-state index in [1.165, 1.54) is 24.3 Å². The van der Waals surface area contributed by atoms with Crippen LogP contribution in [-0.2, 0) is 9.53 Å². The van der Waals surface area contributed by atoms with Gasteiger partial charge < -0.3 is 14.8 Å². The second-order valence-electron chi connectivity index (χ2n) is 5.78. The van der Waals surface area contributed by atoms with Gasteiger partial charge in [-0.25, -0.2) is 9.59 Å². The van der Waals surface area contributed by atoms with Crippen LogP contribution in [0.15, 0.2) is 24.3 Å². The summed E-state index contributed by atoms with van der Waals surface area (Å²) in [5.41, 5.74) is -0.771. The van der Waals surface area contributed by atoms with Crippen LogP contribution < -0.4 is 10.1 Å². The fourth-order valence-electron chi connectivity index (χ4n) is 1.62. The van der Waals surface area contributed by atoms with Crippen molar-refractivity contribution in [2.75, 3.05) is 0 Å². The number of hydrogen-bond acceptors (Lipinski definition) is 6. The molecule has 1 aromatic carbocycles. The SMILES string of the molecule is CC[C@H](NC(=O)Oc1ccc([N+](=O)[O-])cc1)C(=O)OC(C)(C)C. The molecule has 1 N–H and O–H groups in total. The molecule has 0 fully saturated rings. The maximum absolute atomic E-state index is 11.9. The average molecular weight is 324 g/mol. The maximum atomic E-state index is 11.9. The molecular formula is C15H20N2O6. The number of nitrogens with one attached hydrogen (secondary N) is 1. The zero-order chi connectivity index (χ0) is 17.6. The third-order valence-corrected chi connectivity index (χ3v) is 2.65. The number of ether oxygens (including phenoxy) is 2. The highest BCUT2D eigenvalue weighted by atomic mass is 16.6. The van der Waals surface area contributed by atoms with Crippen molar-refractivity contribution in [3.8, 4) is 5.75 Å². The van der Waals surface area contributed by atoms with Crippen molar-refractivity contribution in [2.45, 2.75) is 45.8 Å². The van der Waals surface area contributed by atoms with E-state index >= 15 is 0 Å². The number of carbonyl (C=O) groups excluding carboxylic acids is 2. The predicted octanol–water partition coefficient (Wildman–Crippen LogP) is 2.80. The number of nitro groups is 1. The van der Waals surface area contributed by atoms with Gasteiger partial charge in [-0.15, -0.1) is 0 Å². The second-order valence-corrected chi connectivity index (χ2v) is 5.78. The van der Waals surface area contributed by atoms with Gasteiger partial charge in [0.1, 0.15) is 17.4 Å². The molecule has 0 spiro atoms. The summed E-state index contributed by atoms with van der Waals surface area (Å²) in [6.45, 7) is 6.91. The van der Waals surface area contributed by atoms with Gasteiger partial charge in [0.25, 0.3) is 5.69 Å². The molecule has 1 aromatic rings. The average Bonchev–Trinajstić information content (AvgIpc) is 2.43. The number of nitro benzene ring substituents is 1. The third-order valence-electron chi connectivity index (χ3n) is 2.65. The fourth-order valence-corrected chi connectivity index (χ4v) is 1.62. The van der Waals surface area contributed by atoms with Gasteiger partial charge in [-0.2, -0.15) is 0 Å². The predicted molar refractivity (Wildman–Crippen MR) is 82.2 cm³/mol. The first kappa shape index (κ1) is 18.4. The number of nitrogens with zero attached hydrogens (tertiary/aromatic N) is 1. The topological polar surface area (TPSA) is 108 Å². The Morgan fingerprint density at radius 2 is 1.83 bits per heavy atom. The molecule has 1 amide bonds. The minimum absolute atomic E-state index is 0.113. The first-order valence-electron chi connectivity index (χ1n) is 7.08. The van der Waals surface area contributed by atoms with Crippen molar-refractivity contribution >= 4 is 17.7 Å². The summed E-state index contributed by atoms with van der Waals surface area (Å²) < 4.78 is 10.2. The van der Waals surface area contributed by atoms with Crippen LogP contribution in [0.3, 0.4) is 0 Å². The molecule has 0 heterocycles. The Bertz CT molecular complexity index is 577. The molecule has 1 atom stereocenters. The van der Waals surface area contributed by atoms with E-state index in [-0.39, 0.29) is 11.4 Å². The van der Waals surface area contributed by atoms with Crippen molar-refractivity contribution < 1.29 is 24.0 Å². The Hall–Kier alpha value is -2.64. The Labute approximate surface area is 133 Å². The van der Waals surface area contributed by atoms with Crippen LogP contribution in [-0.4, -0.2) is 28.6 Å². The smallest absolute Gasteiger partial charge is 0.413 e. The van der Waals surface area contributed by atoms with E-state index in [4.69, 9.17) is 9.47 Å². The van der Waals surface area contributed by atoms with Crippen LogP contribution in [0.2, 0.25) is 0 Å². The van der Waals surface area contributed by atoms with Crippen molar-refractivity contribution in [1.29, 1.82) is 0 Å². The molecular weight excluding hydrogens is 304 g/mol. The van der Waals surface area contributed by atoms with Gasteiger partial charge in [-0.05, 0) is 39.3 Å². The van der Waals surface area contributed by atoms with E-state index in [1.54, 1.807) is 27.7 Å². The molecule has 0 unspecified atom stereocenters. The van der Waals surface area contributed by atoms with E-state index in [9.17, 15) is 19.7 Å². The highest BCUT2D eigenvalue weighted by Gasteiger charge is 2.25. The standard InChI is InChI=1S/C15H20N2O6/c1-5-12(13(18)23-15(2,3)4)16-14(19)22-11-8-6-10(7-9-11)17(20)21/h6-9,12H,5H2,1-4H3,(H,16,19)/t12-/m0/s1. The summed E-state index contributed by atoms with van der Waals surface area (Å²) in [6.07, 6.45) is -0.499. The quantitative estimate of drug-likeness (QED) is 0.507. The van der Waals surface area contributed by atoms with Gasteiger partial charge in [-0.3, -0.25) is 10.1 Å². The molecule has 8 nitrogen and oxygen atoms in total. The monoisotopic (exact) mass is 324 g/mol. The number of carbonyl (C=O) groups is 2. The van der Waals surface area contributed by atoms with E-state index in [0.717, 1.165) is 0 Å². The first-order valence-corrected chi connectivity index (χ1v) is 7.08. The minimum Gasteiger partial charge on any atom is -0.458 e. The molecule has 0 aliphatic carbocycles. The molecule has 126 valence electrons. The number of non-ortho nitro benzene ring substituents is 1. The van der Waals surface area contributed by atoms with Crippen molar-refractivity contribution in [1.82, 2.24) is 5.32 Å². The lowest BCUT2D eigenvalue weighted by Crippen LogP contribution is -2.44. The summed E-state index contributed by atoms with van der Waals surface area (Å²) >= 11 is 0. The molecule has 0 saturated carbocycles. The summed E-state index contributed by atoms with van der Waals surface area (Å²) in [5.74, 6) is -0.423. The van der Waals surface area contributed by atoms with Crippen molar-refractivity contribution in [3.63, 3.8) is 0 Å². The normalized spacial score (nSPS) is 12.2. The molecule has 0 aliphatic rings. The zero-order valence-corrected chi connectivity index (χ0v) is 13.5. The Morgan fingerprint density at radius 3 is 2.26 bits per heavy atom. The van der Waals surface area contributed by atoms with E-state index in [0.29, 0.717) is 6.42 Å². The summed E-state index contributed by atoms with van der Waals surface area (Å²) in [7, 11) is 0. The van der Waals surface area contributed by atoms with E-state index < -0.39 is 28.6 Å². The Balaban J connectivity index is 2.63. The van der Waals surface area contributed by atoms with Crippen LogP contribution in [0.25, 0.3) is 0 Å². The van der Waals surface area contributed by atoms with Gasteiger partial charge >= 0.3 is 12.1 Å². The molecule has 0 radical (unpaired) electrons. The number of rotatable bonds is 5. The Kier molecular flexibility index (Phi) is 6.06. The largest absolute Gasteiger partial charge is 0.458 e.